The highest BCUT2D eigenvalue weighted by Crippen LogP contribution is 2.07. The van der Waals surface area contributed by atoms with Crippen LogP contribution in [0.5, 0.6) is 0 Å². The van der Waals surface area contributed by atoms with Crippen LogP contribution in [0.4, 0.5) is 4.39 Å². The van der Waals surface area contributed by atoms with Crippen molar-refractivity contribution in [1.82, 2.24) is 0 Å². The van der Waals surface area contributed by atoms with Crippen molar-refractivity contribution in [3.8, 4) is 0 Å². The third kappa shape index (κ3) is 6.16. The number of alkyl halides is 1. The summed E-state index contributed by atoms with van der Waals surface area (Å²) in [4.78, 5) is 10.9. The van der Waals surface area contributed by atoms with Gasteiger partial charge >= 0.3 is 5.97 Å². The summed E-state index contributed by atoms with van der Waals surface area (Å²) in [6.07, 6.45) is 1.91. The van der Waals surface area contributed by atoms with Crippen molar-refractivity contribution in [3.05, 3.63) is 0 Å². The smallest absolute Gasteiger partial charge is 0.325 e. The maximum absolute atomic E-state index is 11.9. The van der Waals surface area contributed by atoms with Crippen molar-refractivity contribution in [1.29, 1.82) is 0 Å². The van der Waals surface area contributed by atoms with Crippen LogP contribution < -0.4 is 5.73 Å². The summed E-state index contributed by atoms with van der Waals surface area (Å²) in [5.41, 5.74) is 5.14. The summed E-state index contributed by atoms with van der Waals surface area (Å²) in [6, 6.07) is -1.12. The van der Waals surface area contributed by atoms with E-state index in [0.717, 1.165) is 12.8 Å². The molecule has 0 saturated heterocycles. The van der Waals surface area contributed by atoms with Gasteiger partial charge < -0.3 is 10.5 Å². The van der Waals surface area contributed by atoms with Crippen molar-refractivity contribution in [3.63, 3.8) is 0 Å². The fraction of sp³-hybridized carbons (Fsp3) is 0.889. The van der Waals surface area contributed by atoms with Gasteiger partial charge in [0, 0.05) is 0 Å². The van der Waals surface area contributed by atoms with Crippen molar-refractivity contribution >= 4 is 18.4 Å². The number of rotatable bonds is 6. The van der Waals surface area contributed by atoms with Gasteiger partial charge in [-0.2, -0.15) is 0 Å². The molecule has 0 aromatic heterocycles. The highest BCUT2D eigenvalue weighted by atomic mass is 35.5. The van der Waals surface area contributed by atoms with E-state index in [9.17, 15) is 9.18 Å². The fourth-order valence-electron chi connectivity index (χ4n) is 0.894. The number of halogens is 2. The van der Waals surface area contributed by atoms with E-state index in [-0.39, 0.29) is 12.4 Å². The van der Waals surface area contributed by atoms with Crippen molar-refractivity contribution in [2.24, 2.45) is 11.7 Å². The van der Waals surface area contributed by atoms with Gasteiger partial charge in [0.1, 0.15) is 12.7 Å². The first kappa shape index (κ1) is 16.1. The number of ether oxygens (including phenoxy) is 1. The first-order valence-electron chi connectivity index (χ1n) is 4.63. The molecule has 5 heteroatoms. The zero-order chi connectivity index (χ0) is 10.3. The fourth-order valence-corrected chi connectivity index (χ4v) is 0.894. The molecule has 0 aliphatic rings. The lowest BCUT2D eigenvalue weighted by molar-refractivity contribution is -0.147. The number of esters is 1. The molecule has 0 aliphatic heterocycles. The normalized spacial score (nSPS) is 12.1. The van der Waals surface area contributed by atoms with Gasteiger partial charge in [-0.3, -0.25) is 4.79 Å². The molecule has 0 spiro atoms. The van der Waals surface area contributed by atoms with E-state index in [1.165, 1.54) is 0 Å². The molecule has 0 bridgehead atoms. The van der Waals surface area contributed by atoms with Crippen LogP contribution in [0, 0.1) is 5.92 Å². The molecule has 0 amide bonds. The van der Waals surface area contributed by atoms with Crippen LogP contribution in [0.15, 0.2) is 0 Å². The third-order valence-electron chi connectivity index (χ3n) is 2.08. The lowest BCUT2D eigenvalue weighted by Crippen LogP contribution is -2.35. The number of nitrogens with two attached hydrogens (primary N) is 1. The second kappa shape index (κ2) is 9.21. The average molecular weight is 228 g/mol. The number of carbonyl (C=O) groups excluding carboxylic acids is 1. The molecular formula is C9H19ClFNO2. The van der Waals surface area contributed by atoms with E-state index in [1.807, 2.05) is 13.8 Å². The van der Waals surface area contributed by atoms with Gasteiger partial charge in [0.15, 0.2) is 0 Å². The van der Waals surface area contributed by atoms with E-state index in [0.29, 0.717) is 12.5 Å². The largest absolute Gasteiger partial charge is 0.464 e. The van der Waals surface area contributed by atoms with Crippen LogP contribution in [0.25, 0.3) is 0 Å². The number of carbonyl (C=O) groups is 1. The summed E-state index contributed by atoms with van der Waals surface area (Å²) in [5, 5.41) is 0. The van der Waals surface area contributed by atoms with Crippen molar-refractivity contribution in [2.75, 3.05) is 13.3 Å². The van der Waals surface area contributed by atoms with Crippen molar-refractivity contribution in [2.45, 2.75) is 32.7 Å². The Bertz CT molecular complexity index is 154. The highest BCUT2D eigenvalue weighted by Gasteiger charge is 2.15. The molecule has 0 aromatic carbocycles. The van der Waals surface area contributed by atoms with Gasteiger partial charge in [-0.1, -0.05) is 26.7 Å². The van der Waals surface area contributed by atoms with E-state index >= 15 is 0 Å². The van der Waals surface area contributed by atoms with Crippen LogP contribution >= 0.6 is 12.4 Å². The van der Waals surface area contributed by atoms with E-state index < -0.39 is 18.7 Å². The number of hydrogen-bond acceptors (Lipinski definition) is 3. The molecule has 0 saturated carbocycles. The summed E-state index contributed by atoms with van der Waals surface area (Å²) >= 11 is 0. The molecule has 0 rings (SSSR count). The Hall–Kier alpha value is -0.350. The van der Waals surface area contributed by atoms with Crippen LogP contribution in [0.3, 0.4) is 0 Å². The minimum absolute atomic E-state index is 0. The third-order valence-corrected chi connectivity index (χ3v) is 2.08. The molecule has 3 nitrogen and oxygen atoms in total. The maximum atomic E-state index is 11.9. The minimum Gasteiger partial charge on any atom is -0.464 e. The molecule has 86 valence electrons. The van der Waals surface area contributed by atoms with Crippen LogP contribution in [-0.4, -0.2) is 25.3 Å². The van der Waals surface area contributed by atoms with E-state index in [1.54, 1.807) is 0 Å². The summed E-state index contributed by atoms with van der Waals surface area (Å²) < 4.78 is 16.7. The Morgan fingerprint density at radius 1 is 1.43 bits per heavy atom. The quantitative estimate of drug-likeness (QED) is 0.703. The monoisotopic (exact) mass is 227 g/mol. The maximum Gasteiger partial charge on any atom is 0.325 e. The van der Waals surface area contributed by atoms with Gasteiger partial charge in [0.2, 0.25) is 0 Å². The molecule has 14 heavy (non-hydrogen) atoms. The Labute approximate surface area is 90.6 Å². The first-order chi connectivity index (χ1) is 6.15. The van der Waals surface area contributed by atoms with Gasteiger partial charge in [-0.05, 0) is 5.92 Å². The van der Waals surface area contributed by atoms with Gasteiger partial charge in [-0.25, -0.2) is 4.39 Å². The molecule has 2 N–H and O–H groups in total. The minimum atomic E-state index is -1.12. The summed E-state index contributed by atoms with van der Waals surface area (Å²) in [7, 11) is 0. The van der Waals surface area contributed by atoms with Gasteiger partial charge in [0.05, 0.1) is 6.61 Å². The van der Waals surface area contributed by atoms with Crippen LogP contribution in [-0.2, 0) is 9.53 Å². The van der Waals surface area contributed by atoms with Crippen molar-refractivity contribution < 1.29 is 13.9 Å². The Balaban J connectivity index is 0. The van der Waals surface area contributed by atoms with Crippen LogP contribution in [0.2, 0.25) is 0 Å². The summed E-state index contributed by atoms with van der Waals surface area (Å²) in [5.74, 6) is -0.287. The van der Waals surface area contributed by atoms with E-state index in [4.69, 9.17) is 10.5 Å². The second-order valence-electron chi connectivity index (χ2n) is 3.07. The topological polar surface area (TPSA) is 52.3 Å². The molecule has 0 radical (unpaired) electrons. The Morgan fingerprint density at radius 2 is 1.93 bits per heavy atom. The predicted molar refractivity (Wildman–Crippen MR) is 56.2 cm³/mol. The lowest BCUT2D eigenvalue weighted by Gasteiger charge is -2.14. The molecule has 0 heterocycles. The van der Waals surface area contributed by atoms with Gasteiger partial charge in [0.25, 0.3) is 0 Å². The van der Waals surface area contributed by atoms with Crippen LogP contribution in [0.1, 0.15) is 26.7 Å². The van der Waals surface area contributed by atoms with Gasteiger partial charge in [-0.15, -0.1) is 12.4 Å². The Morgan fingerprint density at radius 3 is 2.29 bits per heavy atom. The second-order valence-corrected chi connectivity index (χ2v) is 3.07. The number of hydrogen-bond donors (Lipinski definition) is 1. The summed E-state index contributed by atoms with van der Waals surface area (Å²) in [6.45, 7) is 3.54. The predicted octanol–water partition coefficient (Wildman–Crippen LogP) is 1.68. The lowest BCUT2D eigenvalue weighted by atomic mass is 10.1. The molecule has 1 atom stereocenters. The molecular weight excluding hydrogens is 209 g/mol. The molecule has 0 fully saturated rings. The average Bonchev–Trinajstić information content (AvgIpc) is 2.17. The zero-order valence-electron chi connectivity index (χ0n) is 8.66. The Kier molecular flexibility index (Phi) is 10.6. The SMILES string of the molecule is CCC(CC)COC(=O)[C@@H](N)CF.Cl. The molecule has 0 unspecified atom stereocenters. The molecule has 0 aliphatic carbocycles. The molecule has 0 aromatic rings. The standard InChI is InChI=1S/C9H18FNO2.ClH/c1-3-7(4-2)6-13-9(12)8(11)5-10;/h7-8H,3-6,11H2,1-2H3;1H/t8-;/m0./s1. The van der Waals surface area contributed by atoms with E-state index in [2.05, 4.69) is 0 Å². The highest BCUT2D eigenvalue weighted by molar-refractivity contribution is 5.85. The zero-order valence-corrected chi connectivity index (χ0v) is 9.48. The first-order valence-corrected chi connectivity index (χ1v) is 4.63.